The van der Waals surface area contributed by atoms with Crippen molar-refractivity contribution in [2.45, 2.75) is 0 Å². The van der Waals surface area contributed by atoms with E-state index in [0.717, 1.165) is 55.6 Å². The largest absolute Gasteiger partial charge is 0.436 e. The topological polar surface area (TPSA) is 64.7 Å². The maximum absolute atomic E-state index is 6.02. The number of rotatable bonds is 7. The van der Waals surface area contributed by atoms with Gasteiger partial charge in [0.05, 0.1) is 0 Å². The number of benzene rings is 8. The summed E-state index contributed by atoms with van der Waals surface area (Å²) in [5.74, 6) is 2.53. The third kappa shape index (κ3) is 6.24. The Balaban J connectivity index is 0.980. The van der Waals surface area contributed by atoms with Gasteiger partial charge in [-0.25, -0.2) is 19.9 Å². The molecule has 8 aromatic carbocycles. The molecule has 0 spiro atoms. The van der Waals surface area contributed by atoms with Crippen LogP contribution in [0, 0.1) is 0 Å². The molecule has 0 aliphatic carbocycles. The summed E-state index contributed by atoms with van der Waals surface area (Å²) in [6, 6.07) is 66.7. The summed E-state index contributed by atoms with van der Waals surface area (Å²) in [7, 11) is 0. The van der Waals surface area contributed by atoms with Crippen LogP contribution in [-0.4, -0.2) is 19.9 Å². The lowest BCUT2D eigenvalue weighted by molar-refractivity contribution is 0.620. The van der Waals surface area contributed by atoms with Crippen molar-refractivity contribution < 1.29 is 4.42 Å². The maximum atomic E-state index is 6.02. The van der Waals surface area contributed by atoms with Crippen LogP contribution in [0.2, 0.25) is 0 Å². The second-order valence-corrected chi connectivity index (χ2v) is 13.5. The molecule has 2 aromatic heterocycles. The standard InChI is InChI=1S/C50H32N4O/c1-3-11-33(12-4-1)34-21-27-38(28-22-34)48-52-47(37-13-5-2-6-14-37)53-49(54-48)39-29-23-35(24-30-39)41-15-9-18-44-42(16-10-17-43(41)44)36-25-31-40(32-26-36)50-51-45-19-7-8-20-46(45)55-50/h1-32H. The normalized spacial score (nSPS) is 11.3. The van der Waals surface area contributed by atoms with E-state index < -0.39 is 0 Å². The molecular formula is C50H32N4O. The van der Waals surface area contributed by atoms with Gasteiger partial charge in [-0.2, -0.15) is 0 Å². The summed E-state index contributed by atoms with van der Waals surface area (Å²) in [5, 5.41) is 2.37. The van der Waals surface area contributed by atoms with Crippen molar-refractivity contribution in [3.63, 3.8) is 0 Å². The molecule has 0 saturated heterocycles. The first-order valence-corrected chi connectivity index (χ1v) is 18.3. The summed E-state index contributed by atoms with van der Waals surface area (Å²) in [4.78, 5) is 19.6. The Kier molecular flexibility index (Phi) is 8.08. The van der Waals surface area contributed by atoms with E-state index in [2.05, 4.69) is 138 Å². The zero-order chi connectivity index (χ0) is 36.6. The molecule has 0 saturated carbocycles. The Morgan fingerprint density at radius 1 is 0.273 bits per heavy atom. The number of hydrogen-bond donors (Lipinski definition) is 0. The van der Waals surface area contributed by atoms with Crippen LogP contribution in [-0.2, 0) is 0 Å². The molecule has 0 bridgehead atoms. The van der Waals surface area contributed by atoms with Crippen molar-refractivity contribution in [2.24, 2.45) is 0 Å². The van der Waals surface area contributed by atoms with Gasteiger partial charge in [0.2, 0.25) is 5.89 Å². The Morgan fingerprint density at radius 2 is 0.673 bits per heavy atom. The van der Waals surface area contributed by atoms with E-state index in [0.29, 0.717) is 23.4 Å². The smallest absolute Gasteiger partial charge is 0.227 e. The van der Waals surface area contributed by atoms with Crippen molar-refractivity contribution in [1.82, 2.24) is 19.9 Å². The molecule has 0 amide bonds. The van der Waals surface area contributed by atoms with Crippen molar-refractivity contribution >= 4 is 21.9 Å². The summed E-state index contributed by atoms with van der Waals surface area (Å²) in [5.41, 5.74) is 12.3. The lowest BCUT2D eigenvalue weighted by atomic mass is 9.92. The monoisotopic (exact) mass is 704 g/mol. The minimum absolute atomic E-state index is 0.624. The van der Waals surface area contributed by atoms with Gasteiger partial charge >= 0.3 is 0 Å². The molecule has 0 radical (unpaired) electrons. The number of nitrogens with zero attached hydrogens (tertiary/aromatic N) is 4. The third-order valence-electron chi connectivity index (χ3n) is 10.0. The number of aromatic nitrogens is 4. The highest BCUT2D eigenvalue weighted by molar-refractivity contribution is 6.04. The first kappa shape index (κ1) is 32.2. The number of hydrogen-bond acceptors (Lipinski definition) is 5. The van der Waals surface area contributed by atoms with E-state index in [-0.39, 0.29) is 0 Å². The van der Waals surface area contributed by atoms with E-state index in [1.165, 1.54) is 21.9 Å². The van der Waals surface area contributed by atoms with Gasteiger partial charge in [0, 0.05) is 22.3 Å². The Hall–Kier alpha value is -7.50. The molecule has 0 aliphatic heterocycles. The fourth-order valence-corrected chi connectivity index (χ4v) is 7.19. The van der Waals surface area contributed by atoms with Crippen molar-refractivity contribution in [3.05, 3.63) is 194 Å². The van der Waals surface area contributed by atoms with Crippen LogP contribution in [0.15, 0.2) is 199 Å². The molecule has 0 atom stereocenters. The van der Waals surface area contributed by atoms with Crippen LogP contribution in [0.5, 0.6) is 0 Å². The van der Waals surface area contributed by atoms with Crippen LogP contribution in [0.1, 0.15) is 0 Å². The summed E-state index contributed by atoms with van der Waals surface area (Å²) in [6.45, 7) is 0. The molecule has 10 aromatic rings. The summed E-state index contributed by atoms with van der Waals surface area (Å²) < 4.78 is 6.02. The summed E-state index contributed by atoms with van der Waals surface area (Å²) >= 11 is 0. The van der Waals surface area contributed by atoms with Gasteiger partial charge in [-0.3, -0.25) is 0 Å². The van der Waals surface area contributed by atoms with Gasteiger partial charge in [-0.15, -0.1) is 0 Å². The molecule has 258 valence electrons. The van der Waals surface area contributed by atoms with Crippen LogP contribution in [0.4, 0.5) is 0 Å². The first-order chi connectivity index (χ1) is 27.2. The predicted octanol–water partition coefficient (Wildman–Crippen LogP) is 12.8. The van der Waals surface area contributed by atoms with Gasteiger partial charge in [0.1, 0.15) is 5.52 Å². The highest BCUT2D eigenvalue weighted by atomic mass is 16.3. The minimum atomic E-state index is 0.624. The van der Waals surface area contributed by atoms with E-state index in [1.54, 1.807) is 0 Å². The van der Waals surface area contributed by atoms with Gasteiger partial charge in [0.25, 0.3) is 0 Å². The minimum Gasteiger partial charge on any atom is -0.436 e. The maximum Gasteiger partial charge on any atom is 0.227 e. The van der Waals surface area contributed by atoms with Crippen molar-refractivity contribution in [3.8, 4) is 79.0 Å². The van der Waals surface area contributed by atoms with Crippen molar-refractivity contribution in [1.29, 1.82) is 0 Å². The quantitative estimate of drug-likeness (QED) is 0.165. The van der Waals surface area contributed by atoms with Crippen LogP contribution in [0.3, 0.4) is 0 Å². The first-order valence-electron chi connectivity index (χ1n) is 18.3. The molecule has 10 rings (SSSR count). The second-order valence-electron chi connectivity index (χ2n) is 13.5. The van der Waals surface area contributed by atoms with Gasteiger partial charge < -0.3 is 4.42 Å². The zero-order valence-corrected chi connectivity index (χ0v) is 29.7. The predicted molar refractivity (Wildman–Crippen MR) is 223 cm³/mol. The van der Waals surface area contributed by atoms with Crippen LogP contribution >= 0.6 is 0 Å². The molecule has 5 heteroatoms. The highest BCUT2D eigenvalue weighted by Gasteiger charge is 2.15. The van der Waals surface area contributed by atoms with Crippen LogP contribution < -0.4 is 0 Å². The molecule has 0 aliphatic rings. The fourth-order valence-electron chi connectivity index (χ4n) is 7.19. The lowest BCUT2D eigenvalue weighted by Crippen LogP contribution is -2.00. The van der Waals surface area contributed by atoms with E-state index in [1.807, 2.05) is 60.7 Å². The average molecular weight is 705 g/mol. The summed E-state index contributed by atoms with van der Waals surface area (Å²) in [6.07, 6.45) is 0. The Morgan fingerprint density at radius 3 is 1.20 bits per heavy atom. The van der Waals surface area contributed by atoms with E-state index in [9.17, 15) is 0 Å². The number of para-hydroxylation sites is 2. The Labute approximate surface area is 318 Å². The van der Waals surface area contributed by atoms with Gasteiger partial charge in [-0.1, -0.05) is 170 Å². The molecule has 2 heterocycles. The fraction of sp³-hybridized carbons (Fsp3) is 0. The number of oxazole rings is 1. The Bertz CT molecular complexity index is 2910. The zero-order valence-electron chi connectivity index (χ0n) is 29.7. The molecule has 5 nitrogen and oxygen atoms in total. The highest BCUT2D eigenvalue weighted by Crippen LogP contribution is 2.37. The second kappa shape index (κ2) is 13.8. The molecule has 55 heavy (non-hydrogen) atoms. The van der Waals surface area contributed by atoms with E-state index >= 15 is 0 Å². The molecule has 0 N–H and O–H groups in total. The van der Waals surface area contributed by atoms with Crippen molar-refractivity contribution in [2.75, 3.05) is 0 Å². The van der Waals surface area contributed by atoms with Gasteiger partial charge in [0.15, 0.2) is 23.1 Å². The average Bonchev–Trinajstić information content (AvgIpc) is 3.71. The molecule has 0 unspecified atom stereocenters. The number of fused-ring (bicyclic) bond motifs is 2. The van der Waals surface area contributed by atoms with Gasteiger partial charge in [-0.05, 0) is 68.4 Å². The third-order valence-corrected chi connectivity index (χ3v) is 10.0. The van der Waals surface area contributed by atoms with E-state index in [4.69, 9.17) is 19.4 Å². The lowest BCUT2D eigenvalue weighted by Gasteiger charge is -2.12. The molecular weight excluding hydrogens is 673 g/mol. The molecule has 0 fully saturated rings. The SMILES string of the molecule is c1ccc(-c2ccc(-c3nc(-c4ccccc4)nc(-c4ccc(-c5cccc6c(-c7ccc(-c8nc9ccccc9o8)cc7)cccc56)cc4)n3)cc2)cc1. The van der Waals surface area contributed by atoms with Crippen LogP contribution in [0.25, 0.3) is 101 Å².